The Labute approximate surface area is 116 Å². The standard InChI is InChI=1S/C14H15N3O3/c1-9-3-5-10(6-4-9)13-11(8-18)14(15)17(16-13)7-12(19)20-2/h3-6,8H,7,15H2,1-2H3. The molecule has 0 saturated carbocycles. The van der Waals surface area contributed by atoms with E-state index in [1.165, 1.54) is 11.8 Å². The highest BCUT2D eigenvalue weighted by Gasteiger charge is 2.18. The summed E-state index contributed by atoms with van der Waals surface area (Å²) in [5.41, 5.74) is 8.45. The van der Waals surface area contributed by atoms with E-state index < -0.39 is 5.97 Å². The van der Waals surface area contributed by atoms with E-state index in [2.05, 4.69) is 9.84 Å². The molecule has 0 radical (unpaired) electrons. The van der Waals surface area contributed by atoms with E-state index in [1.807, 2.05) is 31.2 Å². The minimum atomic E-state index is -0.480. The quantitative estimate of drug-likeness (QED) is 0.672. The van der Waals surface area contributed by atoms with Crippen LogP contribution in [-0.2, 0) is 16.1 Å². The summed E-state index contributed by atoms with van der Waals surface area (Å²) in [5, 5.41) is 4.23. The molecule has 1 aromatic carbocycles. The summed E-state index contributed by atoms with van der Waals surface area (Å²) in [4.78, 5) is 22.5. The second-order valence-electron chi connectivity index (χ2n) is 4.37. The number of nitrogens with two attached hydrogens (primary N) is 1. The predicted octanol–water partition coefficient (Wildman–Crippen LogP) is 1.43. The van der Waals surface area contributed by atoms with Crippen molar-refractivity contribution in [3.05, 3.63) is 35.4 Å². The normalized spacial score (nSPS) is 10.3. The molecule has 0 atom stereocenters. The molecule has 2 rings (SSSR count). The van der Waals surface area contributed by atoms with Crippen LogP contribution in [0.5, 0.6) is 0 Å². The number of aryl methyl sites for hydroxylation is 1. The number of ether oxygens (including phenoxy) is 1. The van der Waals surface area contributed by atoms with Crippen molar-refractivity contribution in [2.24, 2.45) is 0 Å². The molecule has 2 aromatic rings. The summed E-state index contributed by atoms with van der Waals surface area (Å²) in [6.07, 6.45) is 0.644. The van der Waals surface area contributed by atoms with E-state index in [9.17, 15) is 9.59 Å². The predicted molar refractivity (Wildman–Crippen MR) is 74.2 cm³/mol. The molecule has 0 amide bonds. The fourth-order valence-corrected chi connectivity index (χ4v) is 1.84. The van der Waals surface area contributed by atoms with Crippen LogP contribution in [-0.4, -0.2) is 29.1 Å². The lowest BCUT2D eigenvalue weighted by Gasteiger charge is -2.01. The summed E-state index contributed by atoms with van der Waals surface area (Å²) in [5.74, 6) is -0.326. The highest BCUT2D eigenvalue weighted by Crippen LogP contribution is 2.26. The third kappa shape index (κ3) is 2.54. The van der Waals surface area contributed by atoms with Crippen LogP contribution in [0.15, 0.2) is 24.3 Å². The molecule has 0 saturated heterocycles. The Kier molecular flexibility index (Phi) is 3.84. The fourth-order valence-electron chi connectivity index (χ4n) is 1.84. The van der Waals surface area contributed by atoms with Crippen LogP contribution >= 0.6 is 0 Å². The van der Waals surface area contributed by atoms with Gasteiger partial charge in [0.05, 0.1) is 12.7 Å². The van der Waals surface area contributed by atoms with Gasteiger partial charge in [0.15, 0.2) is 6.29 Å². The number of rotatable bonds is 4. The van der Waals surface area contributed by atoms with E-state index in [1.54, 1.807) is 0 Å². The number of esters is 1. The monoisotopic (exact) mass is 273 g/mol. The molecule has 2 N–H and O–H groups in total. The number of nitrogen functional groups attached to an aromatic ring is 1. The van der Waals surface area contributed by atoms with Crippen LogP contribution in [0, 0.1) is 6.92 Å². The SMILES string of the molecule is COC(=O)Cn1nc(-c2ccc(C)cc2)c(C=O)c1N. The van der Waals surface area contributed by atoms with Gasteiger partial charge in [-0.25, -0.2) is 4.68 Å². The number of aromatic nitrogens is 2. The molecule has 0 unspecified atom stereocenters. The molecule has 6 heteroatoms. The van der Waals surface area contributed by atoms with Gasteiger partial charge in [-0.1, -0.05) is 29.8 Å². The van der Waals surface area contributed by atoms with Gasteiger partial charge in [-0.05, 0) is 6.92 Å². The van der Waals surface area contributed by atoms with E-state index >= 15 is 0 Å². The Hall–Kier alpha value is -2.63. The van der Waals surface area contributed by atoms with E-state index in [0.29, 0.717) is 12.0 Å². The summed E-state index contributed by atoms with van der Waals surface area (Å²) in [6, 6.07) is 7.54. The average molecular weight is 273 g/mol. The Morgan fingerprint density at radius 3 is 2.60 bits per heavy atom. The zero-order valence-electron chi connectivity index (χ0n) is 11.3. The van der Waals surface area contributed by atoms with Crippen LogP contribution in [0.3, 0.4) is 0 Å². The molecule has 1 aromatic heterocycles. The van der Waals surface area contributed by atoms with Crippen LogP contribution in [0.1, 0.15) is 15.9 Å². The summed E-state index contributed by atoms with van der Waals surface area (Å²) < 4.78 is 5.84. The van der Waals surface area contributed by atoms with Gasteiger partial charge in [-0.15, -0.1) is 0 Å². The number of methoxy groups -OCH3 is 1. The first kappa shape index (κ1) is 13.8. The molecule has 0 bridgehead atoms. The first-order chi connectivity index (χ1) is 9.56. The molecule has 0 aliphatic rings. The van der Waals surface area contributed by atoms with Crippen molar-refractivity contribution in [2.75, 3.05) is 12.8 Å². The van der Waals surface area contributed by atoms with Gasteiger partial charge in [0.1, 0.15) is 18.1 Å². The lowest BCUT2D eigenvalue weighted by atomic mass is 10.1. The Bertz CT molecular complexity index is 644. The minimum absolute atomic E-state index is 0.130. The minimum Gasteiger partial charge on any atom is -0.468 e. The molecule has 6 nitrogen and oxygen atoms in total. The Balaban J connectivity index is 2.47. The largest absolute Gasteiger partial charge is 0.468 e. The van der Waals surface area contributed by atoms with Crippen LogP contribution in [0.25, 0.3) is 11.3 Å². The van der Waals surface area contributed by atoms with Crippen molar-refractivity contribution in [2.45, 2.75) is 13.5 Å². The number of carbonyl (C=O) groups is 2. The maximum Gasteiger partial charge on any atom is 0.327 e. The second kappa shape index (κ2) is 5.56. The summed E-state index contributed by atoms with van der Waals surface area (Å²) in [7, 11) is 1.28. The second-order valence-corrected chi connectivity index (χ2v) is 4.37. The first-order valence-electron chi connectivity index (χ1n) is 6.02. The number of benzene rings is 1. The smallest absolute Gasteiger partial charge is 0.327 e. The van der Waals surface area contributed by atoms with Crippen molar-refractivity contribution in [1.29, 1.82) is 0 Å². The number of nitrogens with zero attached hydrogens (tertiary/aromatic N) is 2. The van der Waals surface area contributed by atoms with Crippen molar-refractivity contribution >= 4 is 18.1 Å². The maximum absolute atomic E-state index is 11.3. The zero-order chi connectivity index (χ0) is 14.7. The molecule has 0 fully saturated rings. The lowest BCUT2D eigenvalue weighted by molar-refractivity contribution is -0.141. The van der Waals surface area contributed by atoms with Crippen molar-refractivity contribution < 1.29 is 14.3 Å². The highest BCUT2D eigenvalue weighted by molar-refractivity contribution is 5.91. The number of hydrogen-bond donors (Lipinski definition) is 1. The first-order valence-corrected chi connectivity index (χ1v) is 6.02. The highest BCUT2D eigenvalue weighted by atomic mass is 16.5. The molecular formula is C14H15N3O3. The molecule has 104 valence electrons. The number of anilines is 1. The third-order valence-electron chi connectivity index (χ3n) is 2.98. The average Bonchev–Trinajstić information content (AvgIpc) is 2.76. The third-order valence-corrected chi connectivity index (χ3v) is 2.98. The van der Waals surface area contributed by atoms with Crippen molar-refractivity contribution in [1.82, 2.24) is 9.78 Å². The molecular weight excluding hydrogens is 258 g/mol. The van der Waals surface area contributed by atoms with Crippen LogP contribution in [0.2, 0.25) is 0 Å². The zero-order valence-corrected chi connectivity index (χ0v) is 11.3. The fraction of sp³-hybridized carbons (Fsp3) is 0.214. The van der Waals surface area contributed by atoms with Gasteiger partial charge in [-0.3, -0.25) is 9.59 Å². The number of carbonyl (C=O) groups excluding carboxylic acids is 2. The van der Waals surface area contributed by atoms with E-state index in [0.717, 1.165) is 11.1 Å². The van der Waals surface area contributed by atoms with Gasteiger partial charge in [0.25, 0.3) is 0 Å². The molecule has 0 aliphatic carbocycles. The van der Waals surface area contributed by atoms with Crippen LogP contribution in [0.4, 0.5) is 5.82 Å². The Morgan fingerprint density at radius 2 is 2.05 bits per heavy atom. The van der Waals surface area contributed by atoms with E-state index in [4.69, 9.17) is 5.73 Å². The number of hydrogen-bond acceptors (Lipinski definition) is 5. The van der Waals surface area contributed by atoms with Gasteiger partial charge in [0.2, 0.25) is 0 Å². The Morgan fingerprint density at radius 1 is 1.40 bits per heavy atom. The lowest BCUT2D eigenvalue weighted by Crippen LogP contribution is -2.14. The molecule has 0 aliphatic heterocycles. The van der Waals surface area contributed by atoms with Gasteiger partial charge >= 0.3 is 5.97 Å². The molecule has 1 heterocycles. The van der Waals surface area contributed by atoms with Crippen LogP contribution < -0.4 is 5.73 Å². The van der Waals surface area contributed by atoms with E-state index in [-0.39, 0.29) is 17.9 Å². The van der Waals surface area contributed by atoms with Crippen molar-refractivity contribution in [3.8, 4) is 11.3 Å². The summed E-state index contributed by atoms with van der Waals surface area (Å²) >= 11 is 0. The van der Waals surface area contributed by atoms with Crippen molar-refractivity contribution in [3.63, 3.8) is 0 Å². The molecule has 20 heavy (non-hydrogen) atoms. The van der Waals surface area contributed by atoms with Gasteiger partial charge in [0, 0.05) is 5.56 Å². The van der Waals surface area contributed by atoms with Gasteiger partial charge in [-0.2, -0.15) is 5.10 Å². The van der Waals surface area contributed by atoms with Gasteiger partial charge < -0.3 is 10.5 Å². The number of aldehydes is 1. The molecule has 0 spiro atoms. The topological polar surface area (TPSA) is 87.2 Å². The maximum atomic E-state index is 11.3. The summed E-state index contributed by atoms with van der Waals surface area (Å²) in [6.45, 7) is 1.84.